The van der Waals surface area contributed by atoms with Gasteiger partial charge in [-0.05, 0) is 44.9 Å². The largest absolute Gasteiger partial charge is 0.461 e. The molecule has 0 spiro atoms. The molecule has 152 valence electrons. The number of anilines is 1. The first kappa shape index (κ1) is 19.6. The van der Waals surface area contributed by atoms with Crippen molar-refractivity contribution in [3.8, 4) is 6.07 Å². The summed E-state index contributed by atoms with van der Waals surface area (Å²) in [6, 6.07) is 9.73. The van der Waals surface area contributed by atoms with E-state index in [1.165, 1.54) is 6.42 Å². The fourth-order valence-electron chi connectivity index (χ4n) is 4.09. The zero-order chi connectivity index (χ0) is 20.2. The number of benzene rings is 1. The Hall–Kier alpha value is -2.72. The van der Waals surface area contributed by atoms with Gasteiger partial charge in [-0.15, -0.1) is 0 Å². The average molecular weight is 393 g/mol. The normalized spacial score (nSPS) is 19.7. The van der Waals surface area contributed by atoms with Crippen LogP contribution in [0.2, 0.25) is 0 Å². The monoisotopic (exact) mass is 393 g/mol. The molecule has 2 aliphatic rings. The molecule has 0 radical (unpaired) electrons. The summed E-state index contributed by atoms with van der Waals surface area (Å²) in [7, 11) is 2.09. The molecule has 29 heavy (non-hydrogen) atoms. The summed E-state index contributed by atoms with van der Waals surface area (Å²) in [4.78, 5) is 26.8. The second kappa shape index (κ2) is 8.75. The molecule has 0 N–H and O–H groups in total. The predicted octanol–water partition coefficient (Wildman–Crippen LogP) is 2.86. The van der Waals surface area contributed by atoms with Crippen LogP contribution < -0.4 is 4.90 Å². The van der Waals surface area contributed by atoms with E-state index in [0.717, 1.165) is 57.4 Å². The molecule has 7 nitrogen and oxygen atoms in total. The van der Waals surface area contributed by atoms with E-state index in [9.17, 15) is 10.1 Å². The lowest BCUT2D eigenvalue weighted by molar-refractivity contribution is -0.150. The molecule has 0 bridgehead atoms. The summed E-state index contributed by atoms with van der Waals surface area (Å²) >= 11 is 0. The standard InChI is InChI=1S/C22H27N5O2/c1-26-11-13-27(14-12-26)21-20(24-18-9-5-6-10-19(18)25-21)17(15-23)22(28)29-16-7-3-2-4-8-16/h5-6,9-10,16-17H,2-4,7-8,11-14H2,1H3/t17-/m1/s1. The summed E-state index contributed by atoms with van der Waals surface area (Å²) in [6.45, 7) is 3.37. The van der Waals surface area contributed by atoms with Crippen LogP contribution in [0.3, 0.4) is 0 Å². The fourth-order valence-corrected chi connectivity index (χ4v) is 4.09. The van der Waals surface area contributed by atoms with Crippen molar-refractivity contribution < 1.29 is 9.53 Å². The highest BCUT2D eigenvalue weighted by molar-refractivity contribution is 5.85. The van der Waals surface area contributed by atoms with Gasteiger partial charge in [-0.25, -0.2) is 9.97 Å². The Labute approximate surface area is 171 Å². The van der Waals surface area contributed by atoms with Gasteiger partial charge in [-0.3, -0.25) is 4.79 Å². The van der Waals surface area contributed by atoms with Gasteiger partial charge in [0.05, 0.1) is 17.1 Å². The Kier molecular flexibility index (Phi) is 5.91. The van der Waals surface area contributed by atoms with Crippen LogP contribution in [0.4, 0.5) is 5.82 Å². The van der Waals surface area contributed by atoms with Crippen molar-refractivity contribution in [3.63, 3.8) is 0 Å². The van der Waals surface area contributed by atoms with Crippen molar-refractivity contribution in [2.24, 2.45) is 0 Å². The second-order valence-electron chi connectivity index (χ2n) is 7.97. The number of likely N-dealkylation sites (N-methyl/N-ethyl adjacent to an activating group) is 1. The van der Waals surface area contributed by atoms with E-state index in [-0.39, 0.29) is 6.10 Å². The quantitative estimate of drug-likeness (QED) is 0.739. The van der Waals surface area contributed by atoms with Crippen molar-refractivity contribution in [2.45, 2.75) is 44.1 Å². The molecule has 1 aromatic carbocycles. The molecule has 2 fully saturated rings. The summed E-state index contributed by atoms with van der Waals surface area (Å²) in [6.07, 6.45) is 4.97. The van der Waals surface area contributed by atoms with Crippen molar-refractivity contribution in [1.29, 1.82) is 5.26 Å². The first-order valence-corrected chi connectivity index (χ1v) is 10.5. The number of nitriles is 1. The first-order valence-electron chi connectivity index (χ1n) is 10.5. The van der Waals surface area contributed by atoms with Gasteiger partial charge in [-0.1, -0.05) is 18.6 Å². The Bertz CT molecular complexity index is 911. The van der Waals surface area contributed by atoms with Crippen LogP contribution >= 0.6 is 0 Å². The topological polar surface area (TPSA) is 82.4 Å². The maximum atomic E-state index is 12.9. The minimum absolute atomic E-state index is 0.0902. The molecule has 1 aliphatic heterocycles. The molecule has 0 amide bonds. The van der Waals surface area contributed by atoms with E-state index < -0.39 is 11.9 Å². The predicted molar refractivity (Wildman–Crippen MR) is 111 cm³/mol. The molecule has 1 aliphatic carbocycles. The van der Waals surface area contributed by atoms with Gasteiger partial charge in [0.1, 0.15) is 11.8 Å². The summed E-state index contributed by atoms with van der Waals surface area (Å²) in [5.41, 5.74) is 1.87. The van der Waals surface area contributed by atoms with Crippen LogP contribution in [0, 0.1) is 11.3 Å². The van der Waals surface area contributed by atoms with E-state index in [4.69, 9.17) is 14.7 Å². The van der Waals surface area contributed by atoms with Crippen molar-refractivity contribution in [1.82, 2.24) is 14.9 Å². The molecular weight excluding hydrogens is 366 g/mol. The van der Waals surface area contributed by atoms with E-state index in [2.05, 4.69) is 22.9 Å². The summed E-state index contributed by atoms with van der Waals surface area (Å²) in [5.74, 6) is -0.938. The molecule has 7 heteroatoms. The van der Waals surface area contributed by atoms with Crippen molar-refractivity contribution in [3.05, 3.63) is 30.0 Å². The van der Waals surface area contributed by atoms with Crippen LogP contribution in [-0.4, -0.2) is 60.2 Å². The number of hydrogen-bond acceptors (Lipinski definition) is 7. The SMILES string of the molecule is CN1CCN(c2nc3ccccc3nc2[C@@H](C#N)C(=O)OC2CCCCC2)CC1. The zero-order valence-electron chi connectivity index (χ0n) is 16.9. The average Bonchev–Trinajstić information content (AvgIpc) is 2.75. The highest BCUT2D eigenvalue weighted by atomic mass is 16.5. The molecular formula is C22H27N5O2. The van der Waals surface area contributed by atoms with Gasteiger partial charge in [0, 0.05) is 26.2 Å². The number of fused-ring (bicyclic) bond motifs is 1. The lowest BCUT2D eigenvalue weighted by atomic mass is 9.97. The Morgan fingerprint density at radius 1 is 1.10 bits per heavy atom. The molecule has 1 saturated heterocycles. The second-order valence-corrected chi connectivity index (χ2v) is 7.97. The number of hydrogen-bond donors (Lipinski definition) is 0. The number of carbonyl (C=O) groups is 1. The number of aromatic nitrogens is 2. The highest BCUT2D eigenvalue weighted by Crippen LogP contribution is 2.30. The van der Waals surface area contributed by atoms with Crippen molar-refractivity contribution in [2.75, 3.05) is 38.1 Å². The Morgan fingerprint density at radius 3 is 2.41 bits per heavy atom. The number of piperazine rings is 1. The Morgan fingerprint density at radius 2 is 1.76 bits per heavy atom. The van der Waals surface area contributed by atoms with Crippen LogP contribution in [0.1, 0.15) is 43.7 Å². The van der Waals surface area contributed by atoms with E-state index >= 15 is 0 Å². The Balaban J connectivity index is 1.68. The maximum absolute atomic E-state index is 12.9. The number of para-hydroxylation sites is 2. The fraction of sp³-hybridized carbons (Fsp3) is 0.545. The van der Waals surface area contributed by atoms with Crippen molar-refractivity contribution >= 4 is 22.8 Å². The molecule has 2 heterocycles. The van der Waals surface area contributed by atoms with Gasteiger partial charge in [-0.2, -0.15) is 5.26 Å². The zero-order valence-corrected chi connectivity index (χ0v) is 16.9. The highest BCUT2D eigenvalue weighted by Gasteiger charge is 2.32. The van der Waals surface area contributed by atoms with Crippen LogP contribution in [-0.2, 0) is 9.53 Å². The summed E-state index contributed by atoms with van der Waals surface area (Å²) < 4.78 is 5.71. The van der Waals surface area contributed by atoms with E-state index in [1.54, 1.807) is 0 Å². The molecule has 2 aromatic rings. The number of carbonyl (C=O) groups excluding carboxylic acids is 1. The van der Waals surface area contributed by atoms with Crippen LogP contribution in [0.25, 0.3) is 11.0 Å². The number of nitrogens with zero attached hydrogens (tertiary/aromatic N) is 5. The van der Waals surface area contributed by atoms with E-state index in [1.807, 2.05) is 24.3 Å². The number of esters is 1. The van der Waals surface area contributed by atoms with Gasteiger partial charge in [0.25, 0.3) is 0 Å². The third kappa shape index (κ3) is 4.33. The lowest BCUT2D eigenvalue weighted by Gasteiger charge is -2.34. The number of rotatable bonds is 4. The van der Waals surface area contributed by atoms with Gasteiger partial charge in [0.15, 0.2) is 11.7 Å². The molecule has 0 unspecified atom stereocenters. The maximum Gasteiger partial charge on any atom is 0.329 e. The van der Waals surface area contributed by atoms with Crippen LogP contribution in [0.15, 0.2) is 24.3 Å². The third-order valence-corrected chi connectivity index (χ3v) is 5.85. The van der Waals surface area contributed by atoms with Crippen LogP contribution in [0.5, 0.6) is 0 Å². The van der Waals surface area contributed by atoms with E-state index in [0.29, 0.717) is 17.0 Å². The number of ether oxygens (including phenoxy) is 1. The lowest BCUT2D eigenvalue weighted by Crippen LogP contribution is -2.45. The molecule has 4 rings (SSSR count). The minimum atomic E-state index is -1.07. The third-order valence-electron chi connectivity index (χ3n) is 5.85. The minimum Gasteiger partial charge on any atom is -0.461 e. The molecule has 1 aromatic heterocycles. The van der Waals surface area contributed by atoms with Gasteiger partial charge >= 0.3 is 5.97 Å². The molecule has 1 atom stereocenters. The summed E-state index contributed by atoms with van der Waals surface area (Å²) in [5, 5.41) is 9.87. The molecule has 1 saturated carbocycles. The van der Waals surface area contributed by atoms with Gasteiger partial charge in [0.2, 0.25) is 0 Å². The first-order chi connectivity index (χ1) is 14.2. The van der Waals surface area contributed by atoms with Gasteiger partial charge < -0.3 is 14.5 Å². The smallest absolute Gasteiger partial charge is 0.329 e.